The van der Waals surface area contributed by atoms with E-state index in [1.165, 1.54) is 18.9 Å². The number of piperidine rings is 1. The zero-order valence-corrected chi connectivity index (χ0v) is 13.8. The van der Waals surface area contributed by atoms with Crippen LogP contribution in [0.15, 0.2) is 6.08 Å². The largest absolute Gasteiger partial charge is 0.478 e. The van der Waals surface area contributed by atoms with Crippen molar-refractivity contribution >= 4 is 23.4 Å². The van der Waals surface area contributed by atoms with Crippen molar-refractivity contribution in [3.63, 3.8) is 0 Å². The Balaban J connectivity index is 2.13. The first kappa shape index (κ1) is 16.2. The first-order chi connectivity index (χ1) is 9.95. The van der Waals surface area contributed by atoms with E-state index in [2.05, 4.69) is 25.7 Å². The lowest BCUT2D eigenvalue weighted by Gasteiger charge is -2.29. The lowest BCUT2D eigenvalue weighted by molar-refractivity contribution is -0.131. The Kier molecular flexibility index (Phi) is 5.53. The maximum atomic E-state index is 10.7. The van der Waals surface area contributed by atoms with Gasteiger partial charge in [0.2, 0.25) is 0 Å². The molecule has 0 amide bonds. The summed E-state index contributed by atoms with van der Waals surface area (Å²) in [7, 11) is 0. The number of rotatable bonds is 5. The van der Waals surface area contributed by atoms with Gasteiger partial charge in [-0.1, -0.05) is 20.8 Å². The number of thiazole rings is 1. The Labute approximate surface area is 130 Å². The van der Waals surface area contributed by atoms with E-state index >= 15 is 0 Å². The Hall–Kier alpha value is -1.20. The zero-order chi connectivity index (χ0) is 15.4. The van der Waals surface area contributed by atoms with Crippen molar-refractivity contribution in [2.75, 3.05) is 13.1 Å². The van der Waals surface area contributed by atoms with E-state index in [0.29, 0.717) is 5.92 Å². The lowest BCUT2D eigenvalue weighted by atomic mass is 10.0. The van der Waals surface area contributed by atoms with Crippen molar-refractivity contribution in [2.24, 2.45) is 5.92 Å². The van der Waals surface area contributed by atoms with Gasteiger partial charge in [0.05, 0.1) is 17.1 Å². The summed E-state index contributed by atoms with van der Waals surface area (Å²) in [6, 6.07) is 0. The summed E-state index contributed by atoms with van der Waals surface area (Å²) in [6.45, 7) is 9.65. The zero-order valence-electron chi connectivity index (χ0n) is 13.0. The van der Waals surface area contributed by atoms with Crippen molar-refractivity contribution in [1.29, 1.82) is 0 Å². The molecule has 1 saturated heterocycles. The minimum Gasteiger partial charge on any atom is -0.478 e. The summed E-state index contributed by atoms with van der Waals surface area (Å²) in [5, 5.41) is 9.89. The quantitative estimate of drug-likeness (QED) is 0.845. The Morgan fingerprint density at radius 2 is 2.33 bits per heavy atom. The van der Waals surface area contributed by atoms with Gasteiger partial charge >= 0.3 is 5.97 Å². The summed E-state index contributed by atoms with van der Waals surface area (Å²) in [5.74, 6) is 0.155. The standard InChI is InChI=1S/C16H24N2O2S/c1-11(2)16-13(6-7-15(19)20)21-14(17-16)10-18-8-4-5-12(3)9-18/h6-7,11-12H,4-5,8-10H2,1-3H3,(H,19,20)/b7-6+. The number of carboxylic acid groups (broad SMARTS) is 1. The molecule has 1 aromatic heterocycles. The summed E-state index contributed by atoms with van der Waals surface area (Å²) < 4.78 is 0. The van der Waals surface area contributed by atoms with Gasteiger partial charge in [-0.05, 0) is 37.3 Å². The first-order valence-electron chi connectivity index (χ1n) is 7.58. The molecule has 1 aromatic rings. The third-order valence-corrected chi connectivity index (χ3v) is 4.77. The third kappa shape index (κ3) is 4.64. The number of aliphatic carboxylic acids is 1. The summed E-state index contributed by atoms with van der Waals surface area (Å²) in [6.07, 6.45) is 5.46. The van der Waals surface area contributed by atoms with Gasteiger partial charge in [0.25, 0.3) is 0 Å². The molecule has 0 radical (unpaired) electrons. The van der Waals surface area contributed by atoms with E-state index in [9.17, 15) is 4.79 Å². The molecule has 4 nitrogen and oxygen atoms in total. The van der Waals surface area contributed by atoms with Crippen LogP contribution in [-0.2, 0) is 11.3 Å². The van der Waals surface area contributed by atoms with Crippen LogP contribution in [-0.4, -0.2) is 34.0 Å². The number of carbonyl (C=O) groups is 1. The van der Waals surface area contributed by atoms with Crippen LogP contribution in [0.2, 0.25) is 0 Å². The second-order valence-electron chi connectivity index (χ2n) is 6.17. The van der Waals surface area contributed by atoms with E-state index < -0.39 is 5.97 Å². The predicted octanol–water partition coefficient (Wildman–Crippen LogP) is 3.60. The fourth-order valence-corrected chi connectivity index (χ4v) is 3.93. The van der Waals surface area contributed by atoms with Crippen LogP contribution in [0.5, 0.6) is 0 Å². The van der Waals surface area contributed by atoms with Crippen LogP contribution >= 0.6 is 11.3 Å². The molecule has 1 aliphatic rings. The highest BCUT2D eigenvalue weighted by atomic mass is 32.1. The van der Waals surface area contributed by atoms with Crippen LogP contribution in [0.4, 0.5) is 0 Å². The monoisotopic (exact) mass is 308 g/mol. The number of hydrogen-bond acceptors (Lipinski definition) is 4. The lowest BCUT2D eigenvalue weighted by Crippen LogP contribution is -2.33. The van der Waals surface area contributed by atoms with Crippen molar-refractivity contribution in [2.45, 2.75) is 46.1 Å². The average molecular weight is 308 g/mol. The van der Waals surface area contributed by atoms with Crippen molar-refractivity contribution in [3.8, 4) is 0 Å². The van der Waals surface area contributed by atoms with Gasteiger partial charge in [0, 0.05) is 12.6 Å². The molecular formula is C16H24N2O2S. The van der Waals surface area contributed by atoms with Crippen LogP contribution in [0.25, 0.3) is 6.08 Å². The number of carboxylic acids is 1. The molecule has 116 valence electrons. The topological polar surface area (TPSA) is 53.4 Å². The number of nitrogens with zero attached hydrogens (tertiary/aromatic N) is 2. The number of likely N-dealkylation sites (tertiary alicyclic amines) is 1. The van der Waals surface area contributed by atoms with Gasteiger partial charge in [-0.15, -0.1) is 11.3 Å². The van der Waals surface area contributed by atoms with E-state index in [-0.39, 0.29) is 0 Å². The second kappa shape index (κ2) is 7.18. The highest BCUT2D eigenvalue weighted by molar-refractivity contribution is 7.12. The smallest absolute Gasteiger partial charge is 0.328 e. The van der Waals surface area contributed by atoms with E-state index in [0.717, 1.165) is 41.1 Å². The van der Waals surface area contributed by atoms with Crippen LogP contribution in [0.3, 0.4) is 0 Å². The fraction of sp³-hybridized carbons (Fsp3) is 0.625. The maximum Gasteiger partial charge on any atom is 0.328 e. The summed E-state index contributed by atoms with van der Waals surface area (Å²) in [5.41, 5.74) is 1.01. The maximum absolute atomic E-state index is 10.7. The van der Waals surface area contributed by atoms with Crippen LogP contribution < -0.4 is 0 Å². The molecule has 0 bridgehead atoms. The van der Waals surface area contributed by atoms with E-state index in [1.807, 2.05) is 0 Å². The minimum absolute atomic E-state index is 0.309. The highest BCUT2D eigenvalue weighted by Crippen LogP contribution is 2.28. The van der Waals surface area contributed by atoms with Gasteiger partial charge in [-0.2, -0.15) is 0 Å². The van der Waals surface area contributed by atoms with Gasteiger partial charge in [-0.3, -0.25) is 4.90 Å². The molecule has 21 heavy (non-hydrogen) atoms. The molecule has 0 saturated carbocycles. The van der Waals surface area contributed by atoms with Crippen molar-refractivity contribution in [1.82, 2.24) is 9.88 Å². The normalized spacial score (nSPS) is 20.5. The van der Waals surface area contributed by atoms with Gasteiger partial charge in [0.15, 0.2) is 0 Å². The van der Waals surface area contributed by atoms with Gasteiger partial charge in [0.1, 0.15) is 5.01 Å². The van der Waals surface area contributed by atoms with Crippen molar-refractivity contribution < 1.29 is 9.90 Å². The van der Waals surface area contributed by atoms with E-state index in [4.69, 9.17) is 10.1 Å². The molecule has 0 aromatic carbocycles. The Morgan fingerprint density at radius 1 is 1.57 bits per heavy atom. The van der Waals surface area contributed by atoms with Gasteiger partial charge < -0.3 is 5.11 Å². The Bertz CT molecular complexity index is 522. The SMILES string of the molecule is CC1CCCN(Cc2nc(C(C)C)c(/C=C/C(=O)O)s2)C1. The molecule has 1 fully saturated rings. The second-order valence-corrected chi connectivity index (χ2v) is 7.28. The highest BCUT2D eigenvalue weighted by Gasteiger charge is 2.19. The molecule has 1 N–H and O–H groups in total. The summed E-state index contributed by atoms with van der Waals surface area (Å²) in [4.78, 5) is 18.9. The van der Waals surface area contributed by atoms with Gasteiger partial charge in [-0.25, -0.2) is 9.78 Å². The molecule has 2 heterocycles. The van der Waals surface area contributed by atoms with Crippen LogP contribution in [0, 0.1) is 5.92 Å². The molecule has 0 aliphatic carbocycles. The van der Waals surface area contributed by atoms with Crippen LogP contribution in [0.1, 0.15) is 55.1 Å². The predicted molar refractivity (Wildman–Crippen MR) is 86.5 cm³/mol. The molecule has 1 aliphatic heterocycles. The molecular weight excluding hydrogens is 284 g/mol. The third-order valence-electron chi connectivity index (χ3n) is 3.75. The average Bonchev–Trinajstić information content (AvgIpc) is 2.79. The Morgan fingerprint density at radius 3 is 2.95 bits per heavy atom. The first-order valence-corrected chi connectivity index (χ1v) is 8.40. The molecule has 0 spiro atoms. The van der Waals surface area contributed by atoms with E-state index in [1.54, 1.807) is 17.4 Å². The van der Waals surface area contributed by atoms with Crippen molar-refractivity contribution in [3.05, 3.63) is 21.7 Å². The number of hydrogen-bond donors (Lipinski definition) is 1. The molecule has 5 heteroatoms. The molecule has 1 unspecified atom stereocenters. The fourth-order valence-electron chi connectivity index (χ4n) is 2.76. The molecule has 1 atom stereocenters. The minimum atomic E-state index is -0.912. The molecule has 2 rings (SSSR count). The summed E-state index contributed by atoms with van der Waals surface area (Å²) >= 11 is 1.62. The number of aromatic nitrogens is 1.